The van der Waals surface area contributed by atoms with E-state index in [-0.39, 0.29) is 0 Å². The summed E-state index contributed by atoms with van der Waals surface area (Å²) >= 11 is 6.24. The highest BCUT2D eigenvalue weighted by molar-refractivity contribution is 6.32. The maximum Gasteiger partial charge on any atom is 0.328 e. The summed E-state index contributed by atoms with van der Waals surface area (Å²) < 4.78 is 0. The summed E-state index contributed by atoms with van der Waals surface area (Å²) in [4.78, 5) is 13.1. The standard InChI is InChI=1S/C17H22ClNO2/c1-12(2)13-8-10-19(11-9-13)16-5-3-4-15(18)14(16)6-7-17(20)21/h3-7,12-13H,8-11H2,1-2H3,(H,20,21)/b7-6+. The topological polar surface area (TPSA) is 40.5 Å². The van der Waals surface area contributed by atoms with Gasteiger partial charge in [0.15, 0.2) is 0 Å². The number of aliphatic carboxylic acids is 1. The summed E-state index contributed by atoms with van der Waals surface area (Å²) in [5.74, 6) is 0.538. The molecular formula is C17H22ClNO2. The molecule has 2 rings (SSSR count). The fourth-order valence-electron chi connectivity index (χ4n) is 2.93. The number of hydrogen-bond donors (Lipinski definition) is 1. The summed E-state index contributed by atoms with van der Waals surface area (Å²) in [6.45, 7) is 6.55. The molecule has 0 aliphatic carbocycles. The van der Waals surface area contributed by atoms with Gasteiger partial charge in [-0.3, -0.25) is 0 Å². The Morgan fingerprint density at radius 3 is 2.62 bits per heavy atom. The molecule has 1 aromatic rings. The second kappa shape index (κ2) is 6.99. The van der Waals surface area contributed by atoms with Gasteiger partial charge in [-0.15, -0.1) is 0 Å². The molecule has 0 unspecified atom stereocenters. The van der Waals surface area contributed by atoms with Gasteiger partial charge in [-0.05, 0) is 42.9 Å². The fourth-order valence-corrected chi connectivity index (χ4v) is 3.16. The molecule has 0 saturated carbocycles. The molecule has 1 aliphatic heterocycles. The van der Waals surface area contributed by atoms with E-state index in [1.807, 2.05) is 12.1 Å². The molecule has 21 heavy (non-hydrogen) atoms. The molecule has 1 heterocycles. The monoisotopic (exact) mass is 307 g/mol. The smallest absolute Gasteiger partial charge is 0.328 e. The van der Waals surface area contributed by atoms with E-state index in [0.29, 0.717) is 5.02 Å². The van der Waals surface area contributed by atoms with Gasteiger partial charge in [-0.1, -0.05) is 31.5 Å². The number of piperidine rings is 1. The molecule has 1 fully saturated rings. The van der Waals surface area contributed by atoms with Crippen molar-refractivity contribution in [2.24, 2.45) is 11.8 Å². The van der Waals surface area contributed by atoms with Crippen LogP contribution in [-0.4, -0.2) is 24.2 Å². The van der Waals surface area contributed by atoms with E-state index in [2.05, 4.69) is 18.7 Å². The van der Waals surface area contributed by atoms with Gasteiger partial charge in [0.05, 0.1) is 0 Å². The third-order valence-electron chi connectivity index (χ3n) is 4.25. The van der Waals surface area contributed by atoms with Gasteiger partial charge in [0.1, 0.15) is 0 Å². The Hall–Kier alpha value is -1.48. The number of carboxylic acid groups (broad SMARTS) is 1. The van der Waals surface area contributed by atoms with E-state index < -0.39 is 5.97 Å². The lowest BCUT2D eigenvalue weighted by Crippen LogP contribution is -2.35. The number of carboxylic acids is 1. The molecule has 0 radical (unpaired) electrons. The molecule has 1 aliphatic rings. The number of rotatable bonds is 4. The molecule has 3 nitrogen and oxygen atoms in total. The molecule has 4 heteroatoms. The zero-order valence-electron chi connectivity index (χ0n) is 12.6. The molecule has 0 atom stereocenters. The summed E-state index contributed by atoms with van der Waals surface area (Å²) in [6, 6.07) is 5.74. The van der Waals surface area contributed by atoms with Crippen molar-refractivity contribution in [1.29, 1.82) is 0 Å². The minimum absolute atomic E-state index is 0.594. The van der Waals surface area contributed by atoms with E-state index in [1.165, 1.54) is 12.8 Å². The Morgan fingerprint density at radius 1 is 1.38 bits per heavy atom. The van der Waals surface area contributed by atoms with Gasteiger partial charge in [0.2, 0.25) is 0 Å². The first-order chi connectivity index (χ1) is 9.99. The van der Waals surface area contributed by atoms with E-state index >= 15 is 0 Å². The quantitative estimate of drug-likeness (QED) is 0.843. The van der Waals surface area contributed by atoms with Crippen LogP contribution in [0.4, 0.5) is 5.69 Å². The molecular weight excluding hydrogens is 286 g/mol. The highest BCUT2D eigenvalue weighted by atomic mass is 35.5. The molecule has 0 bridgehead atoms. The van der Waals surface area contributed by atoms with Crippen molar-refractivity contribution < 1.29 is 9.90 Å². The maximum atomic E-state index is 10.7. The van der Waals surface area contributed by atoms with Crippen molar-refractivity contribution in [3.8, 4) is 0 Å². The third kappa shape index (κ3) is 4.01. The van der Waals surface area contributed by atoms with Crippen molar-refractivity contribution in [3.05, 3.63) is 34.9 Å². The van der Waals surface area contributed by atoms with Gasteiger partial charge in [0, 0.05) is 35.4 Å². The fraction of sp³-hybridized carbons (Fsp3) is 0.471. The summed E-state index contributed by atoms with van der Waals surface area (Å²) in [5.41, 5.74) is 1.83. The average molecular weight is 308 g/mol. The first kappa shape index (κ1) is 15.9. The molecule has 114 valence electrons. The van der Waals surface area contributed by atoms with Gasteiger partial charge in [0.25, 0.3) is 0 Å². The highest BCUT2D eigenvalue weighted by Crippen LogP contribution is 2.33. The number of carbonyl (C=O) groups is 1. The van der Waals surface area contributed by atoms with E-state index in [4.69, 9.17) is 16.7 Å². The summed E-state index contributed by atoms with van der Waals surface area (Å²) in [6.07, 6.45) is 5.08. The van der Waals surface area contributed by atoms with Crippen molar-refractivity contribution in [1.82, 2.24) is 0 Å². The molecule has 0 aromatic heterocycles. The Kier molecular flexibility index (Phi) is 5.29. The SMILES string of the molecule is CC(C)C1CCN(c2cccc(Cl)c2/C=C/C(=O)O)CC1. The summed E-state index contributed by atoms with van der Waals surface area (Å²) in [5, 5.41) is 9.41. The second-order valence-electron chi connectivity index (χ2n) is 5.91. The van der Waals surface area contributed by atoms with Crippen molar-refractivity contribution in [2.75, 3.05) is 18.0 Å². The predicted molar refractivity (Wildman–Crippen MR) is 87.9 cm³/mol. The Labute approximate surface area is 131 Å². The predicted octanol–water partition coefficient (Wildman–Crippen LogP) is 4.31. The molecule has 1 aromatic carbocycles. The van der Waals surface area contributed by atoms with E-state index in [9.17, 15) is 4.79 Å². The Balaban J connectivity index is 2.20. The number of anilines is 1. The van der Waals surface area contributed by atoms with Crippen LogP contribution in [0.15, 0.2) is 24.3 Å². The summed E-state index contributed by atoms with van der Waals surface area (Å²) in [7, 11) is 0. The van der Waals surface area contributed by atoms with Crippen LogP contribution in [0.25, 0.3) is 6.08 Å². The number of benzene rings is 1. The normalized spacial score (nSPS) is 16.9. The lowest BCUT2D eigenvalue weighted by Gasteiger charge is -2.36. The third-order valence-corrected chi connectivity index (χ3v) is 4.58. The Bertz CT molecular complexity index is 532. The minimum atomic E-state index is -0.959. The van der Waals surface area contributed by atoms with Crippen LogP contribution in [0.2, 0.25) is 5.02 Å². The van der Waals surface area contributed by atoms with Gasteiger partial charge < -0.3 is 10.0 Å². The first-order valence-corrected chi connectivity index (χ1v) is 7.81. The van der Waals surface area contributed by atoms with Crippen molar-refractivity contribution >= 4 is 29.3 Å². The van der Waals surface area contributed by atoms with E-state index in [0.717, 1.165) is 42.3 Å². The zero-order valence-corrected chi connectivity index (χ0v) is 13.3. The van der Waals surface area contributed by atoms with Crippen LogP contribution in [0, 0.1) is 11.8 Å². The largest absolute Gasteiger partial charge is 0.478 e. The number of halogens is 1. The van der Waals surface area contributed by atoms with Crippen LogP contribution < -0.4 is 4.90 Å². The highest BCUT2D eigenvalue weighted by Gasteiger charge is 2.23. The van der Waals surface area contributed by atoms with Crippen molar-refractivity contribution in [2.45, 2.75) is 26.7 Å². The van der Waals surface area contributed by atoms with Crippen LogP contribution in [0.1, 0.15) is 32.3 Å². The molecule has 0 amide bonds. The van der Waals surface area contributed by atoms with Crippen LogP contribution in [-0.2, 0) is 4.79 Å². The lowest BCUT2D eigenvalue weighted by molar-refractivity contribution is -0.131. The second-order valence-corrected chi connectivity index (χ2v) is 6.32. The van der Waals surface area contributed by atoms with Crippen LogP contribution in [0.3, 0.4) is 0 Å². The van der Waals surface area contributed by atoms with Gasteiger partial charge in [-0.2, -0.15) is 0 Å². The molecule has 1 N–H and O–H groups in total. The van der Waals surface area contributed by atoms with Crippen LogP contribution >= 0.6 is 11.6 Å². The molecule has 0 spiro atoms. The zero-order chi connectivity index (χ0) is 15.4. The molecule has 1 saturated heterocycles. The van der Waals surface area contributed by atoms with Gasteiger partial charge >= 0.3 is 5.97 Å². The Morgan fingerprint density at radius 2 is 2.05 bits per heavy atom. The van der Waals surface area contributed by atoms with E-state index in [1.54, 1.807) is 12.1 Å². The number of hydrogen-bond acceptors (Lipinski definition) is 2. The lowest BCUT2D eigenvalue weighted by atomic mass is 9.86. The van der Waals surface area contributed by atoms with Crippen molar-refractivity contribution in [3.63, 3.8) is 0 Å². The minimum Gasteiger partial charge on any atom is -0.478 e. The number of nitrogens with zero attached hydrogens (tertiary/aromatic N) is 1. The van der Waals surface area contributed by atoms with Crippen LogP contribution in [0.5, 0.6) is 0 Å². The average Bonchev–Trinajstić information content (AvgIpc) is 2.45. The maximum absolute atomic E-state index is 10.7. The van der Waals surface area contributed by atoms with Gasteiger partial charge in [-0.25, -0.2) is 4.79 Å². The first-order valence-electron chi connectivity index (χ1n) is 7.43.